The minimum absolute atomic E-state index is 0.0532. The lowest BCUT2D eigenvalue weighted by atomic mass is 9.78. The molecule has 0 atom stereocenters. The summed E-state index contributed by atoms with van der Waals surface area (Å²) in [7, 11) is 0. The second kappa shape index (κ2) is 3.41. The molecule has 0 fully saturated rings. The normalized spacial score (nSPS) is 12.0. The van der Waals surface area contributed by atoms with Crippen molar-refractivity contribution < 1.29 is 12.9 Å². The van der Waals surface area contributed by atoms with E-state index in [-0.39, 0.29) is 10.4 Å². The minimum Gasteiger partial charge on any atom is -0.445 e. The van der Waals surface area contributed by atoms with Gasteiger partial charge in [0.2, 0.25) is 0 Å². The molecule has 1 aromatic carbocycles. The molecular formula is C9H5BClF3N-. The highest BCUT2D eigenvalue weighted by atomic mass is 35.5. The highest BCUT2D eigenvalue weighted by Crippen LogP contribution is 2.20. The second-order valence-electron chi connectivity index (χ2n) is 3.14. The molecule has 1 heterocycles. The van der Waals surface area contributed by atoms with E-state index in [1.54, 1.807) is 0 Å². The van der Waals surface area contributed by atoms with Crippen molar-refractivity contribution in [3.63, 3.8) is 0 Å². The molecule has 0 radical (unpaired) electrons. The Morgan fingerprint density at radius 3 is 2.53 bits per heavy atom. The Morgan fingerprint density at radius 2 is 1.87 bits per heavy atom. The molecule has 0 aliphatic rings. The lowest BCUT2D eigenvalue weighted by Gasteiger charge is -2.16. The van der Waals surface area contributed by atoms with Gasteiger partial charge in [-0.15, -0.1) is 0 Å². The highest BCUT2D eigenvalue weighted by molar-refractivity contribution is 6.75. The van der Waals surface area contributed by atoms with Crippen LogP contribution in [0.1, 0.15) is 0 Å². The molecule has 0 amide bonds. The number of hydrogen-bond acceptors (Lipinski definition) is 1. The maximum atomic E-state index is 12.6. The predicted octanol–water partition coefficient (Wildman–Crippen LogP) is 2.94. The third-order valence-corrected chi connectivity index (χ3v) is 2.33. The van der Waals surface area contributed by atoms with Crippen LogP contribution in [0.3, 0.4) is 0 Å². The van der Waals surface area contributed by atoms with E-state index < -0.39 is 12.4 Å². The molecule has 0 saturated heterocycles. The standard InChI is InChI=1S/C9H5BClF3N/c11-6-1-2-9-7(5-6)8(3-4-15-9)10(12,13)14/h1-5H/q-1. The highest BCUT2D eigenvalue weighted by Gasteiger charge is 2.27. The fourth-order valence-electron chi connectivity index (χ4n) is 1.43. The van der Waals surface area contributed by atoms with Crippen LogP contribution < -0.4 is 5.46 Å². The number of benzene rings is 1. The Morgan fingerprint density at radius 1 is 1.13 bits per heavy atom. The first-order valence-electron chi connectivity index (χ1n) is 4.22. The Bertz CT molecular complexity index is 512. The zero-order chi connectivity index (χ0) is 11.1. The fraction of sp³-hybridized carbons (Fsp3) is 0. The van der Waals surface area contributed by atoms with E-state index in [9.17, 15) is 12.9 Å². The summed E-state index contributed by atoms with van der Waals surface area (Å²) in [6.07, 6.45) is 1.15. The van der Waals surface area contributed by atoms with Crippen molar-refractivity contribution in [3.8, 4) is 0 Å². The van der Waals surface area contributed by atoms with E-state index in [2.05, 4.69) is 4.98 Å². The topological polar surface area (TPSA) is 12.9 Å². The van der Waals surface area contributed by atoms with E-state index in [0.29, 0.717) is 5.52 Å². The van der Waals surface area contributed by atoms with Crippen LogP contribution in [0.5, 0.6) is 0 Å². The van der Waals surface area contributed by atoms with Gasteiger partial charge in [0, 0.05) is 11.2 Å². The summed E-state index contributed by atoms with van der Waals surface area (Å²) in [6.45, 7) is -5.03. The average Bonchev–Trinajstić information content (AvgIpc) is 2.15. The summed E-state index contributed by atoms with van der Waals surface area (Å²) in [5.41, 5.74) is -0.349. The molecule has 0 unspecified atom stereocenters. The van der Waals surface area contributed by atoms with Crippen LogP contribution in [0.4, 0.5) is 12.9 Å². The van der Waals surface area contributed by atoms with Gasteiger partial charge in [-0.2, -0.15) is 0 Å². The lowest BCUT2D eigenvalue weighted by molar-refractivity contribution is 0.501. The van der Waals surface area contributed by atoms with Crippen LogP contribution in [0.2, 0.25) is 5.02 Å². The number of hydrogen-bond donors (Lipinski definition) is 0. The fourth-order valence-corrected chi connectivity index (χ4v) is 1.60. The molecule has 0 N–H and O–H groups in total. The van der Waals surface area contributed by atoms with E-state index in [0.717, 1.165) is 12.3 Å². The first-order chi connectivity index (χ1) is 6.98. The minimum atomic E-state index is -5.03. The van der Waals surface area contributed by atoms with Gasteiger partial charge in [-0.05, 0) is 23.6 Å². The van der Waals surface area contributed by atoms with Crippen LogP contribution in [0, 0.1) is 0 Å². The Balaban J connectivity index is 2.80. The molecule has 0 saturated carbocycles. The molecule has 78 valence electrons. The molecular weight excluding hydrogens is 225 g/mol. The lowest BCUT2D eigenvalue weighted by Crippen LogP contribution is -2.34. The van der Waals surface area contributed by atoms with E-state index in [4.69, 9.17) is 11.6 Å². The maximum absolute atomic E-state index is 12.6. The van der Waals surface area contributed by atoms with Crippen LogP contribution >= 0.6 is 11.6 Å². The third kappa shape index (κ3) is 1.92. The van der Waals surface area contributed by atoms with E-state index in [1.165, 1.54) is 18.2 Å². The molecule has 1 nitrogen and oxygen atoms in total. The van der Waals surface area contributed by atoms with Gasteiger partial charge in [-0.25, -0.2) is 0 Å². The van der Waals surface area contributed by atoms with Crippen molar-refractivity contribution >= 4 is 34.9 Å². The Kier molecular flexibility index (Phi) is 2.34. The summed E-state index contributed by atoms with van der Waals surface area (Å²) in [4.78, 5) is 3.85. The summed E-state index contributed by atoms with van der Waals surface area (Å²) in [6, 6.07) is 5.25. The number of pyridine rings is 1. The molecule has 0 aliphatic heterocycles. The summed E-state index contributed by atoms with van der Waals surface area (Å²) in [5, 5.41) is 0.328. The van der Waals surface area contributed by atoms with Gasteiger partial charge in [-0.1, -0.05) is 23.1 Å². The number of fused-ring (bicyclic) bond motifs is 1. The second-order valence-corrected chi connectivity index (χ2v) is 3.57. The number of halogens is 4. The molecule has 6 heteroatoms. The molecule has 0 bridgehead atoms. The van der Waals surface area contributed by atoms with Gasteiger partial charge in [0.25, 0.3) is 0 Å². The van der Waals surface area contributed by atoms with Gasteiger partial charge in [0.1, 0.15) is 0 Å². The Hall–Kier alpha value is -1.23. The number of nitrogens with zero attached hydrogens (tertiary/aromatic N) is 1. The smallest absolute Gasteiger partial charge is 0.445 e. The molecule has 1 aromatic heterocycles. The molecule has 2 rings (SSSR count). The van der Waals surface area contributed by atoms with Crippen molar-refractivity contribution in [2.75, 3.05) is 0 Å². The van der Waals surface area contributed by atoms with Crippen LogP contribution in [-0.2, 0) is 0 Å². The largest absolute Gasteiger partial charge is 0.510 e. The predicted molar refractivity (Wildman–Crippen MR) is 55.5 cm³/mol. The monoisotopic (exact) mass is 230 g/mol. The van der Waals surface area contributed by atoms with Crippen molar-refractivity contribution in [1.29, 1.82) is 0 Å². The van der Waals surface area contributed by atoms with Crippen LogP contribution in [0.15, 0.2) is 30.5 Å². The van der Waals surface area contributed by atoms with Crippen molar-refractivity contribution in [3.05, 3.63) is 35.5 Å². The maximum Gasteiger partial charge on any atom is 0.510 e. The summed E-state index contributed by atoms with van der Waals surface area (Å²) in [5.74, 6) is 0. The first-order valence-corrected chi connectivity index (χ1v) is 4.60. The number of rotatable bonds is 1. The first kappa shape index (κ1) is 10.3. The van der Waals surface area contributed by atoms with Gasteiger partial charge in [0.05, 0.1) is 5.52 Å². The molecule has 0 aliphatic carbocycles. The zero-order valence-electron chi connectivity index (χ0n) is 7.42. The van der Waals surface area contributed by atoms with Crippen molar-refractivity contribution in [2.45, 2.75) is 0 Å². The van der Waals surface area contributed by atoms with Crippen LogP contribution in [0.25, 0.3) is 10.9 Å². The van der Waals surface area contributed by atoms with E-state index in [1.807, 2.05) is 0 Å². The van der Waals surface area contributed by atoms with E-state index >= 15 is 0 Å². The van der Waals surface area contributed by atoms with Gasteiger partial charge >= 0.3 is 6.98 Å². The SMILES string of the molecule is F[B-](F)(F)c1ccnc2ccc(Cl)cc12. The molecule has 0 spiro atoms. The van der Waals surface area contributed by atoms with Crippen molar-refractivity contribution in [2.24, 2.45) is 0 Å². The van der Waals surface area contributed by atoms with Gasteiger partial charge < -0.3 is 12.9 Å². The summed E-state index contributed by atoms with van der Waals surface area (Å²) >= 11 is 5.65. The van der Waals surface area contributed by atoms with Crippen molar-refractivity contribution in [1.82, 2.24) is 4.98 Å². The van der Waals surface area contributed by atoms with Gasteiger partial charge in [-0.3, -0.25) is 4.98 Å². The summed E-state index contributed by atoms with van der Waals surface area (Å²) < 4.78 is 37.9. The number of aromatic nitrogens is 1. The quantitative estimate of drug-likeness (QED) is 0.686. The van der Waals surface area contributed by atoms with Crippen LogP contribution in [-0.4, -0.2) is 12.0 Å². The average molecular weight is 230 g/mol. The Labute approximate surface area is 88.9 Å². The van der Waals surface area contributed by atoms with Gasteiger partial charge in [0.15, 0.2) is 0 Å². The molecule has 2 aromatic rings. The zero-order valence-corrected chi connectivity index (χ0v) is 8.18. The molecule has 15 heavy (non-hydrogen) atoms. The third-order valence-electron chi connectivity index (χ3n) is 2.09.